The molecule has 122 valence electrons. The van der Waals surface area contributed by atoms with E-state index in [1.165, 1.54) is 6.26 Å². The van der Waals surface area contributed by atoms with E-state index in [2.05, 4.69) is 5.32 Å². The number of furan rings is 1. The number of rotatable bonds is 6. The first-order chi connectivity index (χ1) is 11.0. The summed E-state index contributed by atoms with van der Waals surface area (Å²) in [6.45, 7) is 4.31. The highest BCUT2D eigenvalue weighted by molar-refractivity contribution is 5.95. The zero-order valence-electron chi connectivity index (χ0n) is 13.7. The van der Waals surface area contributed by atoms with E-state index < -0.39 is 6.04 Å². The number of carbonyl (C=O) groups is 2. The van der Waals surface area contributed by atoms with Crippen LogP contribution in [0.4, 0.5) is 0 Å². The fourth-order valence-corrected chi connectivity index (χ4v) is 2.31. The summed E-state index contributed by atoms with van der Waals surface area (Å²) in [5.74, 6) is -0.326. The molecular weight excluding hydrogens is 292 g/mol. The summed E-state index contributed by atoms with van der Waals surface area (Å²) in [6, 6.07) is 12.4. The van der Waals surface area contributed by atoms with Gasteiger partial charge >= 0.3 is 0 Å². The van der Waals surface area contributed by atoms with Gasteiger partial charge in [0.15, 0.2) is 5.76 Å². The fourth-order valence-electron chi connectivity index (χ4n) is 2.31. The summed E-state index contributed by atoms with van der Waals surface area (Å²) >= 11 is 0. The Hall–Kier alpha value is -2.56. The number of nitrogens with one attached hydrogen (secondary N) is 1. The molecule has 2 rings (SSSR count). The first-order valence-electron chi connectivity index (χ1n) is 7.62. The molecule has 1 aromatic heterocycles. The van der Waals surface area contributed by atoms with E-state index in [0.717, 1.165) is 5.56 Å². The molecule has 1 heterocycles. The van der Waals surface area contributed by atoms with Crippen molar-refractivity contribution in [2.24, 2.45) is 5.92 Å². The summed E-state index contributed by atoms with van der Waals surface area (Å²) in [6.07, 6.45) is 1.43. The van der Waals surface area contributed by atoms with Crippen LogP contribution in [0.3, 0.4) is 0 Å². The Morgan fingerprint density at radius 2 is 1.83 bits per heavy atom. The molecular formula is C18H22N2O3. The van der Waals surface area contributed by atoms with Gasteiger partial charge in [-0.2, -0.15) is 0 Å². The summed E-state index contributed by atoms with van der Waals surface area (Å²) in [5, 5.41) is 2.76. The minimum absolute atomic E-state index is 0.0281. The Labute approximate surface area is 136 Å². The monoisotopic (exact) mass is 314 g/mol. The number of likely N-dealkylation sites (N-methyl/N-ethyl adjacent to an activating group) is 1. The highest BCUT2D eigenvalue weighted by Gasteiger charge is 2.28. The molecule has 1 aromatic carbocycles. The second-order valence-corrected chi connectivity index (χ2v) is 5.85. The Bertz CT molecular complexity index is 636. The van der Waals surface area contributed by atoms with Gasteiger partial charge in [-0.3, -0.25) is 9.59 Å². The van der Waals surface area contributed by atoms with Crippen molar-refractivity contribution < 1.29 is 14.0 Å². The van der Waals surface area contributed by atoms with Gasteiger partial charge in [0.25, 0.3) is 5.91 Å². The fraction of sp³-hybridized carbons (Fsp3) is 0.333. The molecule has 2 amide bonds. The summed E-state index contributed by atoms with van der Waals surface area (Å²) in [4.78, 5) is 26.4. The van der Waals surface area contributed by atoms with Gasteiger partial charge in [0.1, 0.15) is 6.04 Å². The average molecular weight is 314 g/mol. The topological polar surface area (TPSA) is 62.6 Å². The molecule has 1 unspecified atom stereocenters. The van der Waals surface area contributed by atoms with Crippen LogP contribution in [0.15, 0.2) is 53.1 Å². The molecule has 0 aliphatic carbocycles. The second-order valence-electron chi connectivity index (χ2n) is 5.85. The third kappa shape index (κ3) is 4.45. The molecule has 0 fully saturated rings. The Kier molecular flexibility index (Phi) is 5.57. The third-order valence-corrected chi connectivity index (χ3v) is 3.60. The van der Waals surface area contributed by atoms with Crippen molar-refractivity contribution in [2.45, 2.75) is 26.4 Å². The van der Waals surface area contributed by atoms with Crippen LogP contribution in [-0.2, 0) is 11.3 Å². The second kappa shape index (κ2) is 7.63. The predicted molar refractivity (Wildman–Crippen MR) is 87.7 cm³/mol. The summed E-state index contributed by atoms with van der Waals surface area (Å²) < 4.78 is 5.07. The van der Waals surface area contributed by atoms with Crippen LogP contribution < -0.4 is 5.32 Å². The van der Waals surface area contributed by atoms with Crippen molar-refractivity contribution in [2.75, 3.05) is 7.05 Å². The van der Waals surface area contributed by atoms with Gasteiger partial charge in [-0.25, -0.2) is 0 Å². The quantitative estimate of drug-likeness (QED) is 0.891. The molecule has 5 nitrogen and oxygen atoms in total. The van der Waals surface area contributed by atoms with E-state index in [1.54, 1.807) is 24.1 Å². The third-order valence-electron chi connectivity index (χ3n) is 3.60. The first kappa shape index (κ1) is 16.8. The number of benzene rings is 1. The summed E-state index contributed by atoms with van der Waals surface area (Å²) in [7, 11) is 1.74. The number of hydrogen-bond donors (Lipinski definition) is 1. The minimum Gasteiger partial charge on any atom is -0.459 e. The van der Waals surface area contributed by atoms with Crippen molar-refractivity contribution in [3.05, 3.63) is 60.1 Å². The van der Waals surface area contributed by atoms with Crippen LogP contribution in [0.2, 0.25) is 0 Å². The van der Waals surface area contributed by atoms with Gasteiger partial charge in [-0.1, -0.05) is 44.2 Å². The highest BCUT2D eigenvalue weighted by atomic mass is 16.3. The Morgan fingerprint density at radius 1 is 1.13 bits per heavy atom. The van der Waals surface area contributed by atoms with Gasteiger partial charge in [0, 0.05) is 13.6 Å². The van der Waals surface area contributed by atoms with Gasteiger partial charge in [0.05, 0.1) is 6.26 Å². The summed E-state index contributed by atoms with van der Waals surface area (Å²) in [5.41, 5.74) is 1.04. The van der Waals surface area contributed by atoms with Gasteiger partial charge in [0.2, 0.25) is 5.91 Å². The van der Waals surface area contributed by atoms with E-state index in [1.807, 2.05) is 44.2 Å². The largest absolute Gasteiger partial charge is 0.459 e. The Morgan fingerprint density at radius 3 is 2.39 bits per heavy atom. The molecule has 0 aliphatic heterocycles. The van der Waals surface area contributed by atoms with Gasteiger partial charge in [-0.05, 0) is 23.6 Å². The molecule has 0 aliphatic rings. The van der Waals surface area contributed by atoms with Crippen molar-refractivity contribution in [1.29, 1.82) is 0 Å². The first-order valence-corrected chi connectivity index (χ1v) is 7.62. The number of hydrogen-bond acceptors (Lipinski definition) is 3. The molecule has 1 atom stereocenters. The lowest BCUT2D eigenvalue weighted by atomic mass is 10.0. The molecule has 5 heteroatoms. The molecule has 2 aromatic rings. The van der Waals surface area contributed by atoms with E-state index in [-0.39, 0.29) is 23.5 Å². The van der Waals surface area contributed by atoms with Gasteiger partial charge in [-0.15, -0.1) is 0 Å². The number of amides is 2. The van der Waals surface area contributed by atoms with Crippen LogP contribution in [0.5, 0.6) is 0 Å². The molecule has 0 bridgehead atoms. The lowest BCUT2D eigenvalue weighted by molar-refractivity contribution is -0.133. The van der Waals surface area contributed by atoms with Crippen molar-refractivity contribution in [3.63, 3.8) is 0 Å². The smallest absolute Gasteiger partial charge is 0.287 e. The zero-order chi connectivity index (χ0) is 16.8. The van der Waals surface area contributed by atoms with Crippen molar-refractivity contribution in [1.82, 2.24) is 10.2 Å². The van der Waals surface area contributed by atoms with E-state index in [9.17, 15) is 9.59 Å². The van der Waals surface area contributed by atoms with Crippen LogP contribution >= 0.6 is 0 Å². The van der Waals surface area contributed by atoms with Crippen molar-refractivity contribution in [3.8, 4) is 0 Å². The normalized spacial score (nSPS) is 12.0. The van der Waals surface area contributed by atoms with E-state index in [0.29, 0.717) is 6.54 Å². The number of carbonyl (C=O) groups excluding carboxylic acids is 2. The van der Waals surface area contributed by atoms with Crippen LogP contribution in [-0.4, -0.2) is 29.8 Å². The average Bonchev–Trinajstić information content (AvgIpc) is 3.07. The van der Waals surface area contributed by atoms with Crippen LogP contribution in [0, 0.1) is 5.92 Å². The molecule has 0 spiro atoms. The predicted octanol–water partition coefficient (Wildman–Crippen LogP) is 2.69. The Balaban J connectivity index is 2.04. The SMILES string of the molecule is CC(C)C(NC(=O)c1ccco1)C(=O)N(C)Cc1ccccc1. The van der Waals surface area contributed by atoms with Gasteiger partial charge < -0.3 is 14.6 Å². The minimum atomic E-state index is -0.596. The maximum atomic E-state index is 12.7. The van der Waals surface area contributed by atoms with E-state index in [4.69, 9.17) is 4.42 Å². The molecule has 1 N–H and O–H groups in total. The lowest BCUT2D eigenvalue weighted by Crippen LogP contribution is -2.49. The maximum absolute atomic E-state index is 12.7. The van der Waals surface area contributed by atoms with Crippen molar-refractivity contribution >= 4 is 11.8 Å². The number of nitrogens with zero attached hydrogens (tertiary/aromatic N) is 1. The van der Waals surface area contributed by atoms with Crippen LogP contribution in [0.25, 0.3) is 0 Å². The molecule has 0 saturated heterocycles. The highest BCUT2D eigenvalue weighted by Crippen LogP contribution is 2.10. The molecule has 0 saturated carbocycles. The van der Waals surface area contributed by atoms with Crippen LogP contribution in [0.1, 0.15) is 30.0 Å². The van der Waals surface area contributed by atoms with E-state index >= 15 is 0 Å². The standard InChI is InChI=1S/C18H22N2O3/c1-13(2)16(19-17(21)15-10-7-11-23-15)18(22)20(3)12-14-8-5-4-6-9-14/h4-11,13,16H,12H2,1-3H3,(H,19,21). The lowest BCUT2D eigenvalue weighted by Gasteiger charge is -2.27. The maximum Gasteiger partial charge on any atom is 0.287 e. The molecule has 0 radical (unpaired) electrons. The zero-order valence-corrected chi connectivity index (χ0v) is 13.7. The molecule has 23 heavy (non-hydrogen) atoms.